The fourth-order valence-corrected chi connectivity index (χ4v) is 5.85. The van der Waals surface area contributed by atoms with Crippen molar-refractivity contribution in [2.24, 2.45) is 11.8 Å². The Hall–Kier alpha value is -2.99. The van der Waals surface area contributed by atoms with Crippen molar-refractivity contribution < 1.29 is 9.59 Å². The highest BCUT2D eigenvalue weighted by Gasteiger charge is 2.54. The standard InChI is InChI=1S/C27H29N3O2S/c1-4-18-8-10-19(11-9-18)26(31)28-14-23-22-13-21(22)15-30(23)27(32)24-25(33-17(3)29-24)20-7-5-6-16(2)12-20/h5-12,21-23H,4,13-15H2,1-3H3,(H,28,31)/t21-,22-,23-/m1/s1. The van der Waals surface area contributed by atoms with Crippen LogP contribution in [-0.2, 0) is 6.42 Å². The first-order chi connectivity index (χ1) is 15.9. The summed E-state index contributed by atoms with van der Waals surface area (Å²) in [4.78, 5) is 33.9. The van der Waals surface area contributed by atoms with E-state index in [-0.39, 0.29) is 17.9 Å². The van der Waals surface area contributed by atoms with Crippen LogP contribution in [0.15, 0.2) is 48.5 Å². The highest BCUT2D eigenvalue weighted by molar-refractivity contribution is 7.15. The Kier molecular flexibility index (Phi) is 5.79. The molecule has 0 radical (unpaired) electrons. The van der Waals surface area contributed by atoms with Gasteiger partial charge in [-0.2, -0.15) is 0 Å². The quantitative estimate of drug-likeness (QED) is 0.571. The third-order valence-corrected chi connectivity index (χ3v) is 7.90. The summed E-state index contributed by atoms with van der Waals surface area (Å²) in [5.41, 5.74) is 4.60. The van der Waals surface area contributed by atoms with Gasteiger partial charge in [0.25, 0.3) is 11.8 Å². The number of nitrogens with one attached hydrogen (secondary N) is 1. The fourth-order valence-electron chi connectivity index (χ4n) is 4.95. The largest absolute Gasteiger partial charge is 0.350 e. The predicted molar refractivity (Wildman–Crippen MR) is 132 cm³/mol. The molecule has 170 valence electrons. The third kappa shape index (κ3) is 4.32. The van der Waals surface area contributed by atoms with Crippen molar-refractivity contribution in [3.63, 3.8) is 0 Å². The number of hydrogen-bond acceptors (Lipinski definition) is 4. The van der Waals surface area contributed by atoms with Crippen LogP contribution in [0, 0.1) is 25.7 Å². The number of aryl methyl sites for hydroxylation is 3. The van der Waals surface area contributed by atoms with Gasteiger partial charge in [-0.05, 0) is 61.8 Å². The lowest BCUT2D eigenvalue weighted by atomic mass is 10.1. The van der Waals surface area contributed by atoms with Crippen molar-refractivity contribution in [2.75, 3.05) is 13.1 Å². The molecule has 0 bridgehead atoms. The summed E-state index contributed by atoms with van der Waals surface area (Å²) in [6.07, 6.45) is 2.08. The SMILES string of the molecule is CCc1ccc(C(=O)NC[C@@H]2[C@@H]3C[C@@H]3CN2C(=O)c2nc(C)sc2-c2cccc(C)c2)cc1. The minimum atomic E-state index is -0.0842. The van der Waals surface area contributed by atoms with Gasteiger partial charge in [-0.3, -0.25) is 9.59 Å². The summed E-state index contributed by atoms with van der Waals surface area (Å²) >= 11 is 1.57. The van der Waals surface area contributed by atoms with E-state index < -0.39 is 0 Å². The molecule has 3 aromatic rings. The van der Waals surface area contributed by atoms with Crippen molar-refractivity contribution in [3.05, 3.63) is 75.9 Å². The Morgan fingerprint density at radius 2 is 1.94 bits per heavy atom. The van der Waals surface area contributed by atoms with Crippen molar-refractivity contribution in [1.29, 1.82) is 0 Å². The second-order valence-electron chi connectivity index (χ2n) is 9.23. The van der Waals surface area contributed by atoms with Gasteiger partial charge in [0.15, 0.2) is 0 Å². The van der Waals surface area contributed by atoms with Gasteiger partial charge in [0.2, 0.25) is 0 Å². The molecule has 1 saturated carbocycles. The van der Waals surface area contributed by atoms with E-state index in [4.69, 9.17) is 0 Å². The molecule has 1 aliphatic heterocycles. The monoisotopic (exact) mass is 459 g/mol. The van der Waals surface area contributed by atoms with Gasteiger partial charge >= 0.3 is 0 Å². The van der Waals surface area contributed by atoms with Crippen LogP contribution in [0.25, 0.3) is 10.4 Å². The van der Waals surface area contributed by atoms with E-state index in [0.717, 1.165) is 40.4 Å². The molecule has 6 heteroatoms. The molecule has 2 fully saturated rings. The van der Waals surface area contributed by atoms with Crippen LogP contribution < -0.4 is 5.32 Å². The zero-order chi connectivity index (χ0) is 23.1. The number of nitrogens with zero attached hydrogens (tertiary/aromatic N) is 2. The Bertz CT molecular complexity index is 1200. The van der Waals surface area contributed by atoms with Crippen LogP contribution in [0.4, 0.5) is 0 Å². The molecule has 0 spiro atoms. The zero-order valence-corrected chi connectivity index (χ0v) is 20.1. The number of amides is 2. The van der Waals surface area contributed by atoms with Gasteiger partial charge in [-0.1, -0.05) is 48.9 Å². The Morgan fingerprint density at radius 3 is 2.67 bits per heavy atom. The number of piperidine rings is 1. The van der Waals surface area contributed by atoms with Crippen LogP contribution in [0.3, 0.4) is 0 Å². The molecule has 1 aliphatic carbocycles. The molecule has 33 heavy (non-hydrogen) atoms. The number of fused-ring (bicyclic) bond motifs is 1. The summed E-state index contributed by atoms with van der Waals surface area (Å²) in [6.45, 7) is 7.33. The predicted octanol–water partition coefficient (Wildman–Crippen LogP) is 4.88. The minimum absolute atomic E-state index is 0.0189. The highest BCUT2D eigenvalue weighted by atomic mass is 32.1. The van der Waals surface area contributed by atoms with E-state index in [1.165, 1.54) is 5.56 Å². The molecule has 1 aromatic heterocycles. The van der Waals surface area contributed by atoms with E-state index in [2.05, 4.69) is 36.3 Å². The molecule has 5 rings (SSSR count). The molecule has 2 aromatic carbocycles. The van der Waals surface area contributed by atoms with Crippen molar-refractivity contribution >= 4 is 23.2 Å². The van der Waals surface area contributed by atoms with Crippen LogP contribution in [0.1, 0.15) is 50.3 Å². The number of thiazole rings is 1. The van der Waals surface area contributed by atoms with Crippen molar-refractivity contribution in [1.82, 2.24) is 15.2 Å². The Balaban J connectivity index is 1.33. The van der Waals surface area contributed by atoms with Crippen molar-refractivity contribution in [3.8, 4) is 10.4 Å². The van der Waals surface area contributed by atoms with E-state index in [1.807, 2.05) is 48.2 Å². The average molecular weight is 460 g/mol. The number of hydrogen-bond donors (Lipinski definition) is 1. The summed E-state index contributed by atoms with van der Waals surface area (Å²) in [5.74, 6) is 0.912. The number of carbonyl (C=O) groups is 2. The molecule has 2 aliphatic rings. The number of likely N-dealkylation sites (tertiary alicyclic amines) is 1. The minimum Gasteiger partial charge on any atom is -0.350 e. The van der Waals surface area contributed by atoms with Gasteiger partial charge in [-0.15, -0.1) is 11.3 Å². The van der Waals surface area contributed by atoms with E-state index in [0.29, 0.717) is 29.6 Å². The third-order valence-electron chi connectivity index (χ3n) is 6.88. The molecule has 3 atom stereocenters. The Morgan fingerprint density at radius 1 is 1.15 bits per heavy atom. The lowest BCUT2D eigenvalue weighted by molar-refractivity contribution is 0.0690. The molecule has 0 unspecified atom stereocenters. The summed E-state index contributed by atoms with van der Waals surface area (Å²) < 4.78 is 0. The first-order valence-corrected chi connectivity index (χ1v) is 12.5. The summed E-state index contributed by atoms with van der Waals surface area (Å²) in [5, 5.41) is 3.97. The molecule has 5 nitrogen and oxygen atoms in total. The lowest BCUT2D eigenvalue weighted by Crippen LogP contribution is -2.45. The number of benzene rings is 2. The molecule has 2 amide bonds. The van der Waals surface area contributed by atoms with E-state index in [9.17, 15) is 9.59 Å². The van der Waals surface area contributed by atoms with Gasteiger partial charge in [-0.25, -0.2) is 4.98 Å². The molecule has 2 heterocycles. The maximum absolute atomic E-state index is 13.7. The average Bonchev–Trinajstić information content (AvgIpc) is 3.33. The summed E-state index contributed by atoms with van der Waals surface area (Å²) in [6, 6.07) is 16.0. The van der Waals surface area contributed by atoms with Crippen LogP contribution in [-0.4, -0.2) is 40.8 Å². The van der Waals surface area contributed by atoms with Gasteiger partial charge in [0, 0.05) is 18.7 Å². The number of carbonyl (C=O) groups excluding carboxylic acids is 2. The first kappa shape index (κ1) is 21.8. The first-order valence-electron chi connectivity index (χ1n) is 11.7. The van der Waals surface area contributed by atoms with Gasteiger partial charge in [0.05, 0.1) is 15.9 Å². The van der Waals surface area contributed by atoms with Crippen LogP contribution >= 0.6 is 11.3 Å². The molecular formula is C27H29N3O2S. The van der Waals surface area contributed by atoms with Gasteiger partial charge in [0.1, 0.15) is 5.69 Å². The van der Waals surface area contributed by atoms with E-state index in [1.54, 1.807) is 11.3 Å². The normalized spacial score (nSPS) is 21.1. The van der Waals surface area contributed by atoms with Gasteiger partial charge < -0.3 is 10.2 Å². The van der Waals surface area contributed by atoms with Crippen molar-refractivity contribution in [2.45, 2.75) is 39.7 Å². The second kappa shape index (κ2) is 8.75. The number of rotatable bonds is 6. The van der Waals surface area contributed by atoms with Crippen LogP contribution in [0.2, 0.25) is 0 Å². The summed E-state index contributed by atoms with van der Waals surface area (Å²) in [7, 11) is 0. The molecular weight excluding hydrogens is 430 g/mol. The maximum atomic E-state index is 13.7. The van der Waals surface area contributed by atoms with E-state index >= 15 is 0 Å². The topological polar surface area (TPSA) is 62.3 Å². The smallest absolute Gasteiger partial charge is 0.274 e. The van der Waals surface area contributed by atoms with Crippen LogP contribution in [0.5, 0.6) is 0 Å². The highest BCUT2D eigenvalue weighted by Crippen LogP contribution is 2.50. The maximum Gasteiger partial charge on any atom is 0.274 e. The number of aromatic nitrogens is 1. The second-order valence-corrected chi connectivity index (χ2v) is 10.4. The zero-order valence-electron chi connectivity index (χ0n) is 19.3. The molecule has 1 saturated heterocycles. The lowest BCUT2D eigenvalue weighted by Gasteiger charge is -2.27. The molecule has 1 N–H and O–H groups in total. The Labute approximate surface area is 198 Å². The fraction of sp³-hybridized carbons (Fsp3) is 0.370.